The maximum Gasteiger partial charge on any atom is 0.263 e. The molecule has 0 unspecified atom stereocenters. The van der Waals surface area contributed by atoms with Crippen molar-refractivity contribution < 1.29 is 9.18 Å². The molecule has 1 amide bonds. The van der Waals surface area contributed by atoms with E-state index in [4.69, 9.17) is 23.2 Å². The van der Waals surface area contributed by atoms with Crippen LogP contribution in [0.1, 0.15) is 15.9 Å². The molecule has 0 saturated heterocycles. The maximum absolute atomic E-state index is 13.8. The minimum absolute atomic E-state index is 0.0222. The van der Waals surface area contributed by atoms with Gasteiger partial charge in [0.05, 0.1) is 17.3 Å². The molecule has 4 nitrogen and oxygen atoms in total. The average molecular weight is 391 g/mol. The molecule has 1 heterocycles. The van der Waals surface area contributed by atoms with Gasteiger partial charge in [0.1, 0.15) is 11.4 Å². The summed E-state index contributed by atoms with van der Waals surface area (Å²) in [7, 11) is 0. The molecule has 0 atom stereocenters. The van der Waals surface area contributed by atoms with Crippen LogP contribution in [0, 0.1) is 5.82 Å². The first-order valence-corrected chi connectivity index (χ1v) is 8.40. The molecule has 0 bridgehead atoms. The number of rotatable bonds is 4. The van der Waals surface area contributed by atoms with Gasteiger partial charge in [-0.2, -0.15) is 0 Å². The van der Waals surface area contributed by atoms with E-state index in [1.54, 1.807) is 36.4 Å². The van der Waals surface area contributed by atoms with Crippen LogP contribution in [0.15, 0.2) is 65.6 Å². The van der Waals surface area contributed by atoms with Crippen LogP contribution >= 0.6 is 23.2 Å². The highest BCUT2D eigenvalue weighted by molar-refractivity contribution is 6.36. The second-order valence-corrected chi connectivity index (χ2v) is 6.37. The van der Waals surface area contributed by atoms with E-state index in [-0.39, 0.29) is 17.1 Å². The number of aromatic nitrogens is 1. The fourth-order valence-corrected chi connectivity index (χ4v) is 2.88. The molecule has 0 aliphatic carbocycles. The Morgan fingerprint density at radius 2 is 1.85 bits per heavy atom. The van der Waals surface area contributed by atoms with Gasteiger partial charge in [-0.1, -0.05) is 41.4 Å². The lowest BCUT2D eigenvalue weighted by Gasteiger charge is -2.10. The lowest BCUT2D eigenvalue weighted by molar-refractivity contribution is 0.102. The predicted octanol–water partition coefficient (Wildman–Crippen LogP) is 4.59. The highest BCUT2D eigenvalue weighted by Crippen LogP contribution is 2.25. The Bertz CT molecular complexity index is 1030. The highest BCUT2D eigenvalue weighted by atomic mass is 35.5. The summed E-state index contributed by atoms with van der Waals surface area (Å²) in [5, 5.41) is 3.27. The van der Waals surface area contributed by atoms with Crippen molar-refractivity contribution in [3.05, 3.63) is 98.1 Å². The highest BCUT2D eigenvalue weighted by Gasteiger charge is 2.14. The smallest absolute Gasteiger partial charge is 0.263 e. The van der Waals surface area contributed by atoms with Crippen molar-refractivity contribution in [1.82, 2.24) is 4.57 Å². The third-order valence-corrected chi connectivity index (χ3v) is 4.29. The van der Waals surface area contributed by atoms with Crippen LogP contribution in [0.2, 0.25) is 10.0 Å². The average Bonchev–Trinajstić information content (AvgIpc) is 2.61. The molecule has 26 heavy (non-hydrogen) atoms. The Morgan fingerprint density at radius 1 is 1.08 bits per heavy atom. The number of carbonyl (C=O) groups is 1. The largest absolute Gasteiger partial charge is 0.320 e. The van der Waals surface area contributed by atoms with E-state index in [1.807, 2.05) is 0 Å². The molecule has 132 valence electrons. The topological polar surface area (TPSA) is 51.1 Å². The molecule has 2 aromatic carbocycles. The van der Waals surface area contributed by atoms with E-state index >= 15 is 0 Å². The second-order valence-electron chi connectivity index (χ2n) is 5.52. The van der Waals surface area contributed by atoms with Gasteiger partial charge in [-0.25, -0.2) is 4.39 Å². The van der Waals surface area contributed by atoms with Crippen molar-refractivity contribution in [1.29, 1.82) is 0 Å². The van der Waals surface area contributed by atoms with Crippen molar-refractivity contribution in [3.63, 3.8) is 0 Å². The van der Waals surface area contributed by atoms with Crippen molar-refractivity contribution in [2.75, 3.05) is 5.32 Å². The van der Waals surface area contributed by atoms with Gasteiger partial charge in [0.2, 0.25) is 0 Å². The van der Waals surface area contributed by atoms with E-state index in [0.717, 1.165) is 0 Å². The predicted molar refractivity (Wildman–Crippen MR) is 101 cm³/mol. The number of pyridine rings is 1. The minimum Gasteiger partial charge on any atom is -0.320 e. The lowest BCUT2D eigenvalue weighted by Crippen LogP contribution is -2.29. The van der Waals surface area contributed by atoms with Crippen molar-refractivity contribution >= 4 is 34.8 Å². The zero-order valence-corrected chi connectivity index (χ0v) is 14.9. The molecule has 0 saturated carbocycles. The molecule has 7 heteroatoms. The zero-order chi connectivity index (χ0) is 18.7. The summed E-state index contributed by atoms with van der Waals surface area (Å²) in [5.74, 6) is -1.02. The summed E-state index contributed by atoms with van der Waals surface area (Å²) < 4.78 is 15.1. The fraction of sp³-hybridized carbons (Fsp3) is 0.0526. The first-order valence-electron chi connectivity index (χ1n) is 7.65. The van der Waals surface area contributed by atoms with Gasteiger partial charge >= 0.3 is 0 Å². The SMILES string of the molecule is O=C(Nc1ccc(Cl)cc1Cl)c1cccn(Cc2ccccc2F)c1=O. The van der Waals surface area contributed by atoms with E-state index in [9.17, 15) is 14.0 Å². The normalized spacial score (nSPS) is 10.6. The second kappa shape index (κ2) is 7.72. The molecular weight excluding hydrogens is 378 g/mol. The third kappa shape index (κ3) is 3.95. The van der Waals surface area contributed by atoms with Gasteiger partial charge in [-0.05, 0) is 36.4 Å². The number of hydrogen-bond acceptors (Lipinski definition) is 2. The molecule has 1 aromatic heterocycles. The summed E-state index contributed by atoms with van der Waals surface area (Å²) >= 11 is 11.9. The number of benzene rings is 2. The zero-order valence-electron chi connectivity index (χ0n) is 13.4. The number of nitrogens with zero attached hydrogens (tertiary/aromatic N) is 1. The molecule has 1 N–H and O–H groups in total. The molecule has 3 aromatic rings. The van der Waals surface area contributed by atoms with Gasteiger partial charge in [-0.3, -0.25) is 9.59 Å². The van der Waals surface area contributed by atoms with Crippen LogP contribution in [0.3, 0.4) is 0 Å². The number of hydrogen-bond donors (Lipinski definition) is 1. The lowest BCUT2D eigenvalue weighted by atomic mass is 10.2. The number of carbonyl (C=O) groups excluding carboxylic acids is 1. The third-order valence-electron chi connectivity index (χ3n) is 3.74. The summed E-state index contributed by atoms with van der Waals surface area (Å²) in [4.78, 5) is 25.0. The summed E-state index contributed by atoms with van der Waals surface area (Å²) in [6, 6.07) is 13.7. The number of halogens is 3. The van der Waals surface area contributed by atoms with Crippen molar-refractivity contribution in [3.8, 4) is 0 Å². The monoisotopic (exact) mass is 390 g/mol. The maximum atomic E-state index is 13.8. The first kappa shape index (κ1) is 18.2. The Morgan fingerprint density at radius 3 is 2.58 bits per heavy atom. The van der Waals surface area contributed by atoms with Crippen LogP contribution in [0.25, 0.3) is 0 Å². The Hall–Kier alpha value is -2.63. The molecule has 0 aliphatic heterocycles. The first-order chi connectivity index (χ1) is 12.5. The molecule has 3 rings (SSSR count). The van der Waals surface area contributed by atoms with Crippen molar-refractivity contribution in [2.24, 2.45) is 0 Å². The summed E-state index contributed by atoms with van der Waals surface area (Å²) in [6.07, 6.45) is 1.50. The van der Waals surface area contributed by atoms with Crippen molar-refractivity contribution in [2.45, 2.75) is 6.54 Å². The van der Waals surface area contributed by atoms with Gasteiger partial charge in [0.15, 0.2) is 0 Å². The van der Waals surface area contributed by atoms with E-state index in [0.29, 0.717) is 16.3 Å². The fourth-order valence-electron chi connectivity index (χ4n) is 2.42. The van der Waals surface area contributed by atoms with E-state index in [1.165, 1.54) is 29.0 Å². The van der Waals surface area contributed by atoms with Gasteiger partial charge in [-0.15, -0.1) is 0 Å². The standard InChI is InChI=1S/C19H13Cl2FN2O2/c20-13-7-8-17(15(21)10-13)23-18(25)14-5-3-9-24(19(14)26)11-12-4-1-2-6-16(12)22/h1-10H,11H2,(H,23,25). The minimum atomic E-state index is -0.609. The quantitative estimate of drug-likeness (QED) is 0.707. The molecule has 0 radical (unpaired) electrons. The van der Waals surface area contributed by atoms with Crippen LogP contribution in [0.4, 0.5) is 10.1 Å². The van der Waals surface area contributed by atoms with Gasteiger partial charge < -0.3 is 9.88 Å². The number of nitrogens with one attached hydrogen (secondary N) is 1. The Kier molecular flexibility index (Phi) is 5.40. The van der Waals surface area contributed by atoms with Crippen LogP contribution < -0.4 is 10.9 Å². The molecule has 0 spiro atoms. The van der Waals surface area contributed by atoms with E-state index in [2.05, 4.69) is 5.32 Å². The Balaban J connectivity index is 1.88. The molecule has 0 fully saturated rings. The summed E-state index contributed by atoms with van der Waals surface area (Å²) in [5.41, 5.74) is 0.0890. The van der Waals surface area contributed by atoms with Crippen LogP contribution in [0.5, 0.6) is 0 Å². The number of anilines is 1. The van der Waals surface area contributed by atoms with Crippen LogP contribution in [-0.4, -0.2) is 10.5 Å². The van der Waals surface area contributed by atoms with Gasteiger partial charge in [0.25, 0.3) is 11.5 Å². The molecule has 0 aliphatic rings. The van der Waals surface area contributed by atoms with E-state index < -0.39 is 17.3 Å². The van der Waals surface area contributed by atoms with Crippen LogP contribution in [-0.2, 0) is 6.54 Å². The number of amides is 1. The summed E-state index contributed by atoms with van der Waals surface area (Å²) in [6.45, 7) is 0.0222. The Labute approximate surface area is 158 Å². The molecular formula is C19H13Cl2FN2O2. The van der Waals surface area contributed by atoms with Gasteiger partial charge in [0, 0.05) is 16.8 Å².